The molecule has 0 amide bonds. The summed E-state index contributed by atoms with van der Waals surface area (Å²) < 4.78 is 6.76. The highest BCUT2D eigenvalue weighted by Crippen LogP contribution is 2.57. The number of hydrogen-bond acceptors (Lipinski definition) is 7. The number of benzene rings is 15. The second kappa shape index (κ2) is 28.1. The van der Waals surface area contributed by atoms with Gasteiger partial charge in [0.05, 0.1) is 55.9 Å². The van der Waals surface area contributed by atoms with E-state index in [0.29, 0.717) is 29.5 Å². The van der Waals surface area contributed by atoms with Gasteiger partial charge in [-0.25, -0.2) is 24.9 Å². The fraction of sp³-hybridized carbons (Fsp3) is 0.0818. The maximum absolute atomic E-state index is 5.19. The summed E-state index contributed by atoms with van der Waals surface area (Å²) in [6, 6.07) is 132. The van der Waals surface area contributed by atoms with Gasteiger partial charge >= 0.3 is 0 Å². The van der Waals surface area contributed by atoms with Crippen molar-refractivity contribution in [3.8, 4) is 119 Å². The van der Waals surface area contributed by atoms with Crippen LogP contribution in [0.1, 0.15) is 74.9 Å². The van der Waals surface area contributed by atoms with Gasteiger partial charge in [-0.3, -0.25) is 13.7 Å². The van der Waals surface area contributed by atoms with Crippen LogP contribution in [0.2, 0.25) is 0 Å². The Bertz CT molecular complexity index is 7470. The lowest BCUT2D eigenvalue weighted by Gasteiger charge is -2.23. The Morgan fingerprint density at radius 3 is 1.01 bits per heavy atom. The molecule has 0 unspecified atom stereocenters. The summed E-state index contributed by atoms with van der Waals surface area (Å²) >= 11 is 0. The molecular weight excluding hydrogens is 1460 g/mol. The lowest BCUT2D eigenvalue weighted by molar-refractivity contribution is 0.661. The molecule has 0 aliphatic heterocycles. The third-order valence-corrected chi connectivity index (χ3v) is 25.1. The standard InChI is InChI=1S/2C37H27N3.C36H26N4/c1-37(2)29-19-11-9-17-26(29)27-21-22-33-34(35(27)37)28-18-10-12-20-32(28)40(33)36-38-30(24-13-5-3-6-14-24)23-31(39-36)25-15-7-4-8-16-25;1-37(2)28-19-11-9-17-26(28)34-29(37)21-22-33-35(34)27-18-10-12-20-32(27)40(33)36-38-30(24-13-5-3-6-14-24)23-31(39-36)25-15-7-4-8-16-25;1-36(2)29-19-11-9-17-25(29)27-21-22-28-26-18-10-12-20-30(26)40(32(28)31(27)36)35-38-33(23-13-5-3-6-14-23)37-34(39-35)24-15-7-4-8-16-24/h2*3-23H,1-2H3;3-22H,1-2H3. The molecule has 0 atom stereocenters. The molecule has 120 heavy (non-hydrogen) atoms. The molecule has 10 heteroatoms. The minimum absolute atomic E-state index is 0.0620. The van der Waals surface area contributed by atoms with Crippen LogP contribution >= 0.6 is 0 Å². The largest absolute Gasteiger partial charge is 0.278 e. The lowest BCUT2D eigenvalue weighted by atomic mass is 9.80. The topological polar surface area (TPSA) is 105 Å². The molecule has 0 spiro atoms. The molecule has 6 aromatic heterocycles. The first-order chi connectivity index (χ1) is 58.8. The summed E-state index contributed by atoms with van der Waals surface area (Å²) in [4.78, 5) is 36.0. The van der Waals surface area contributed by atoms with Crippen LogP contribution in [0.4, 0.5) is 0 Å². The normalized spacial score (nSPS) is 13.4. The second-order valence-electron chi connectivity index (χ2n) is 33.1. The molecule has 15 aromatic carbocycles. The molecule has 0 N–H and O–H groups in total. The quantitative estimate of drug-likeness (QED) is 0.142. The molecule has 24 rings (SSSR count). The summed E-state index contributed by atoms with van der Waals surface area (Å²) in [5, 5.41) is 7.39. The van der Waals surface area contributed by atoms with E-state index in [-0.39, 0.29) is 16.2 Å². The van der Waals surface area contributed by atoms with Crippen LogP contribution in [-0.4, -0.2) is 48.6 Å². The van der Waals surface area contributed by atoms with Crippen LogP contribution in [0, 0.1) is 0 Å². The number of para-hydroxylation sites is 3. The van der Waals surface area contributed by atoms with Crippen molar-refractivity contribution < 1.29 is 0 Å². The van der Waals surface area contributed by atoms with Gasteiger partial charge in [0.2, 0.25) is 17.8 Å². The molecule has 0 saturated carbocycles. The molecule has 0 radical (unpaired) electrons. The van der Waals surface area contributed by atoms with Crippen molar-refractivity contribution in [2.75, 3.05) is 0 Å². The van der Waals surface area contributed by atoms with E-state index in [1.807, 2.05) is 60.7 Å². The van der Waals surface area contributed by atoms with Crippen LogP contribution in [0.3, 0.4) is 0 Å². The Balaban J connectivity index is 0.000000108. The zero-order chi connectivity index (χ0) is 80.5. The third-order valence-electron chi connectivity index (χ3n) is 25.1. The van der Waals surface area contributed by atoms with Crippen LogP contribution in [0.15, 0.2) is 376 Å². The second-order valence-corrected chi connectivity index (χ2v) is 33.1. The number of aromatic nitrogens is 10. The first-order valence-corrected chi connectivity index (χ1v) is 41.2. The molecule has 0 fully saturated rings. The number of fused-ring (bicyclic) bond motifs is 21. The predicted molar refractivity (Wildman–Crippen MR) is 492 cm³/mol. The number of nitrogens with zero attached hydrogens (tertiary/aromatic N) is 10. The molecule has 0 saturated heterocycles. The van der Waals surface area contributed by atoms with E-state index in [2.05, 4.69) is 371 Å². The Hall–Kier alpha value is -15.1. The van der Waals surface area contributed by atoms with Gasteiger partial charge in [0.1, 0.15) is 0 Å². The van der Waals surface area contributed by atoms with E-state index in [9.17, 15) is 0 Å². The van der Waals surface area contributed by atoms with Crippen molar-refractivity contribution in [3.63, 3.8) is 0 Å². The van der Waals surface area contributed by atoms with E-state index >= 15 is 0 Å². The van der Waals surface area contributed by atoms with E-state index in [1.165, 1.54) is 99.1 Å². The SMILES string of the molecule is CC1(C)c2ccccc2-c2c1ccc1c2c2ccccc2n1-c1nc(-c2ccccc2)cc(-c2ccccc2)n1.CC1(C)c2ccccc2-c2ccc3c(c21)c1ccccc1n3-c1nc(-c2ccccc2)cc(-c2ccccc2)n1.CC1(C)c2ccccc2-c2ccc3c4ccccc4n(-c4nc(-c5ccccc5)nc(-c5ccccc5)n4)c3c21. The van der Waals surface area contributed by atoms with Gasteiger partial charge in [-0.2, -0.15) is 9.97 Å². The van der Waals surface area contributed by atoms with E-state index < -0.39 is 0 Å². The first kappa shape index (κ1) is 71.4. The first-order valence-electron chi connectivity index (χ1n) is 41.2. The molecular formula is C110H80N10. The zero-order valence-corrected chi connectivity index (χ0v) is 67.3. The Kier molecular flexibility index (Phi) is 16.7. The average molecular weight is 1540 g/mol. The predicted octanol–water partition coefficient (Wildman–Crippen LogP) is 27.0. The summed E-state index contributed by atoms with van der Waals surface area (Å²) in [5.74, 6) is 3.30. The minimum Gasteiger partial charge on any atom is -0.278 e. The van der Waals surface area contributed by atoms with Gasteiger partial charge in [0.15, 0.2) is 11.6 Å². The molecule has 0 bridgehead atoms. The van der Waals surface area contributed by atoms with Gasteiger partial charge < -0.3 is 0 Å². The fourth-order valence-electron chi connectivity index (χ4n) is 19.5. The van der Waals surface area contributed by atoms with Crippen molar-refractivity contribution in [2.24, 2.45) is 0 Å². The molecule has 3 aliphatic carbocycles. The average Bonchev–Trinajstić information content (AvgIpc) is 1.54. The van der Waals surface area contributed by atoms with Crippen molar-refractivity contribution in [3.05, 3.63) is 409 Å². The summed E-state index contributed by atoms with van der Waals surface area (Å²) in [7, 11) is 0. The zero-order valence-electron chi connectivity index (χ0n) is 67.3. The summed E-state index contributed by atoms with van der Waals surface area (Å²) in [5.41, 5.74) is 32.2. The van der Waals surface area contributed by atoms with Gasteiger partial charge in [0, 0.05) is 81.9 Å². The monoisotopic (exact) mass is 1540 g/mol. The van der Waals surface area contributed by atoms with Crippen LogP contribution in [0.25, 0.3) is 184 Å². The highest BCUT2D eigenvalue weighted by molar-refractivity contribution is 6.19. The maximum Gasteiger partial charge on any atom is 0.238 e. The summed E-state index contributed by atoms with van der Waals surface area (Å²) in [6.45, 7) is 14.0. The summed E-state index contributed by atoms with van der Waals surface area (Å²) in [6.07, 6.45) is 0. The molecule has 6 heterocycles. The van der Waals surface area contributed by atoms with Gasteiger partial charge in [-0.15, -0.1) is 0 Å². The lowest BCUT2D eigenvalue weighted by Crippen LogP contribution is -2.17. The minimum atomic E-state index is -0.185. The molecule has 570 valence electrons. The Labute approximate surface area is 695 Å². The van der Waals surface area contributed by atoms with Crippen LogP contribution in [0.5, 0.6) is 0 Å². The van der Waals surface area contributed by atoms with Crippen LogP contribution in [-0.2, 0) is 16.2 Å². The number of rotatable bonds is 9. The van der Waals surface area contributed by atoms with Crippen molar-refractivity contribution in [1.29, 1.82) is 0 Å². The highest BCUT2D eigenvalue weighted by Gasteiger charge is 2.42. The number of hydrogen-bond donors (Lipinski definition) is 0. The van der Waals surface area contributed by atoms with E-state index in [1.54, 1.807) is 0 Å². The third kappa shape index (κ3) is 11.4. The fourth-order valence-corrected chi connectivity index (χ4v) is 19.5. The van der Waals surface area contributed by atoms with Gasteiger partial charge in [-0.1, -0.05) is 375 Å². The van der Waals surface area contributed by atoms with Gasteiger partial charge in [-0.05, 0) is 109 Å². The van der Waals surface area contributed by atoms with Crippen molar-refractivity contribution in [2.45, 2.75) is 57.8 Å². The molecule has 10 nitrogen and oxygen atoms in total. The van der Waals surface area contributed by atoms with Crippen LogP contribution < -0.4 is 0 Å². The van der Waals surface area contributed by atoms with Crippen molar-refractivity contribution in [1.82, 2.24) is 48.6 Å². The Morgan fingerprint density at radius 2 is 0.542 bits per heavy atom. The Morgan fingerprint density at radius 1 is 0.208 bits per heavy atom. The molecule has 21 aromatic rings. The van der Waals surface area contributed by atoms with E-state index in [0.717, 1.165) is 89.3 Å². The molecule has 3 aliphatic rings. The van der Waals surface area contributed by atoms with E-state index in [4.69, 9.17) is 34.9 Å². The smallest absolute Gasteiger partial charge is 0.238 e. The van der Waals surface area contributed by atoms with Gasteiger partial charge in [0.25, 0.3) is 0 Å². The van der Waals surface area contributed by atoms with Crippen molar-refractivity contribution >= 4 is 65.4 Å². The maximum atomic E-state index is 5.19. The highest BCUT2D eigenvalue weighted by atomic mass is 15.2.